The Morgan fingerprint density at radius 3 is 2.70 bits per heavy atom. The number of ether oxygens (including phenoxy) is 1. The van der Waals surface area contributed by atoms with E-state index >= 15 is 0 Å². The smallest absolute Gasteiger partial charge is 0.191 e. The van der Waals surface area contributed by atoms with Gasteiger partial charge in [0.1, 0.15) is 12.4 Å². The van der Waals surface area contributed by atoms with Crippen LogP contribution in [0.2, 0.25) is 0 Å². The van der Waals surface area contributed by atoms with Crippen LogP contribution in [0.1, 0.15) is 57.1 Å². The summed E-state index contributed by atoms with van der Waals surface area (Å²) in [5, 5.41) is 15.2. The van der Waals surface area contributed by atoms with Crippen molar-refractivity contribution in [1.29, 1.82) is 0 Å². The minimum atomic E-state index is 0. The van der Waals surface area contributed by atoms with Crippen LogP contribution >= 0.6 is 24.0 Å². The molecule has 0 saturated heterocycles. The van der Waals surface area contributed by atoms with Gasteiger partial charge >= 0.3 is 0 Å². The lowest BCUT2D eigenvalue weighted by Gasteiger charge is -2.26. The third kappa shape index (κ3) is 8.76. The van der Waals surface area contributed by atoms with Crippen LogP contribution in [0.5, 0.6) is 0 Å². The van der Waals surface area contributed by atoms with E-state index in [1.165, 1.54) is 32.1 Å². The highest BCUT2D eigenvalue weighted by atomic mass is 127. The molecule has 0 aliphatic heterocycles. The van der Waals surface area contributed by atoms with E-state index in [0.29, 0.717) is 6.54 Å². The molecule has 2 atom stereocenters. The number of nitrogens with zero attached hydrogens (tertiary/aromatic N) is 4. The first-order chi connectivity index (χ1) is 12.6. The first kappa shape index (κ1) is 24.1. The first-order valence-electron chi connectivity index (χ1n) is 9.96. The maximum Gasteiger partial charge on any atom is 0.191 e. The molecule has 0 spiro atoms. The van der Waals surface area contributed by atoms with Crippen molar-refractivity contribution in [3.63, 3.8) is 0 Å². The minimum absolute atomic E-state index is 0. The fourth-order valence-corrected chi connectivity index (χ4v) is 3.55. The summed E-state index contributed by atoms with van der Waals surface area (Å²) in [6, 6.07) is 0. The molecule has 2 N–H and O–H groups in total. The van der Waals surface area contributed by atoms with E-state index in [9.17, 15) is 0 Å². The molecule has 2 rings (SSSR count). The molecule has 0 amide bonds. The first-order valence-corrected chi connectivity index (χ1v) is 9.96. The van der Waals surface area contributed by atoms with Gasteiger partial charge in [-0.1, -0.05) is 26.2 Å². The van der Waals surface area contributed by atoms with Crippen molar-refractivity contribution in [3.05, 3.63) is 11.6 Å². The molecule has 1 heterocycles. The summed E-state index contributed by atoms with van der Waals surface area (Å²) >= 11 is 0. The van der Waals surface area contributed by atoms with Gasteiger partial charge in [0.2, 0.25) is 0 Å². The van der Waals surface area contributed by atoms with Gasteiger partial charge in [0.05, 0.1) is 0 Å². The van der Waals surface area contributed by atoms with Gasteiger partial charge < -0.3 is 19.9 Å². The third-order valence-corrected chi connectivity index (χ3v) is 5.27. The van der Waals surface area contributed by atoms with Crippen molar-refractivity contribution in [2.45, 2.75) is 58.9 Å². The minimum Gasteiger partial charge on any atom is -0.385 e. The van der Waals surface area contributed by atoms with E-state index in [2.05, 4.69) is 27.8 Å². The molecular formula is C19H37IN6O. The second kappa shape index (κ2) is 13.3. The predicted molar refractivity (Wildman–Crippen MR) is 121 cm³/mol. The highest BCUT2D eigenvalue weighted by Crippen LogP contribution is 2.30. The molecule has 0 bridgehead atoms. The Balaban J connectivity index is 0.00000364. The average Bonchev–Trinajstić information content (AvgIpc) is 2.94. The Morgan fingerprint density at radius 1 is 1.26 bits per heavy atom. The summed E-state index contributed by atoms with van der Waals surface area (Å²) in [4.78, 5) is 4.69. The lowest BCUT2D eigenvalue weighted by atomic mass is 9.81. The molecule has 0 aromatic carbocycles. The Labute approximate surface area is 181 Å². The molecule has 1 aliphatic rings. The van der Waals surface area contributed by atoms with E-state index in [1.807, 2.05) is 18.5 Å². The van der Waals surface area contributed by atoms with E-state index < -0.39 is 0 Å². The third-order valence-electron chi connectivity index (χ3n) is 5.27. The van der Waals surface area contributed by atoms with Crippen molar-refractivity contribution < 1.29 is 4.74 Å². The highest BCUT2D eigenvalue weighted by Gasteiger charge is 2.18. The van der Waals surface area contributed by atoms with Crippen LogP contribution in [0, 0.1) is 18.8 Å². The molecule has 0 radical (unpaired) electrons. The maximum atomic E-state index is 5.12. The normalized spacial score (nSPS) is 20.2. The summed E-state index contributed by atoms with van der Waals surface area (Å²) in [5.74, 6) is 4.37. The van der Waals surface area contributed by atoms with Crippen molar-refractivity contribution in [3.8, 4) is 0 Å². The fourth-order valence-electron chi connectivity index (χ4n) is 3.55. The zero-order chi connectivity index (χ0) is 18.8. The Kier molecular flexibility index (Phi) is 11.9. The average molecular weight is 492 g/mol. The summed E-state index contributed by atoms with van der Waals surface area (Å²) in [6.07, 6.45) is 7.70. The lowest BCUT2D eigenvalue weighted by Crippen LogP contribution is -2.39. The van der Waals surface area contributed by atoms with Gasteiger partial charge in [-0.25, -0.2) is 4.99 Å². The Morgan fingerprint density at radius 2 is 2.04 bits per heavy atom. The second-order valence-electron chi connectivity index (χ2n) is 7.51. The molecule has 1 aromatic heterocycles. The molecule has 1 aliphatic carbocycles. The summed E-state index contributed by atoms with van der Waals surface area (Å²) in [5.41, 5.74) is 0. The quantitative estimate of drug-likeness (QED) is 0.240. The largest absolute Gasteiger partial charge is 0.385 e. The fraction of sp³-hybridized carbons (Fsp3) is 0.842. The number of hydrogen-bond donors (Lipinski definition) is 2. The van der Waals surface area contributed by atoms with Gasteiger partial charge in [0.25, 0.3) is 0 Å². The van der Waals surface area contributed by atoms with Crippen molar-refractivity contribution in [2.24, 2.45) is 23.9 Å². The van der Waals surface area contributed by atoms with Crippen LogP contribution < -0.4 is 10.6 Å². The SMILES string of the molecule is COCCCNC(=NCc1nnc(C)n1C)NCCC1CCCC(C)C1.I. The van der Waals surface area contributed by atoms with Gasteiger partial charge in [-0.05, 0) is 38.0 Å². The number of aromatic nitrogens is 3. The molecule has 27 heavy (non-hydrogen) atoms. The predicted octanol–water partition coefficient (Wildman–Crippen LogP) is 3.03. The van der Waals surface area contributed by atoms with Crippen molar-refractivity contribution in [2.75, 3.05) is 26.8 Å². The summed E-state index contributed by atoms with van der Waals surface area (Å²) in [7, 11) is 3.71. The van der Waals surface area contributed by atoms with E-state index in [0.717, 1.165) is 55.6 Å². The van der Waals surface area contributed by atoms with Gasteiger partial charge in [-0.2, -0.15) is 0 Å². The van der Waals surface area contributed by atoms with E-state index in [4.69, 9.17) is 9.73 Å². The van der Waals surface area contributed by atoms with Crippen LogP contribution in [-0.4, -0.2) is 47.5 Å². The topological polar surface area (TPSA) is 76.4 Å². The number of nitrogens with one attached hydrogen (secondary N) is 2. The molecule has 7 nitrogen and oxygen atoms in total. The van der Waals surface area contributed by atoms with Gasteiger partial charge in [-0.15, -0.1) is 34.2 Å². The number of rotatable bonds is 9. The van der Waals surface area contributed by atoms with Gasteiger partial charge in [0.15, 0.2) is 11.8 Å². The van der Waals surface area contributed by atoms with Crippen LogP contribution in [0.4, 0.5) is 0 Å². The molecule has 2 unspecified atom stereocenters. The zero-order valence-electron chi connectivity index (χ0n) is 17.3. The van der Waals surface area contributed by atoms with Gasteiger partial charge in [-0.3, -0.25) is 0 Å². The molecule has 1 fully saturated rings. The number of guanidine groups is 1. The maximum absolute atomic E-state index is 5.12. The Bertz CT molecular complexity index is 562. The molecule has 1 saturated carbocycles. The van der Waals surface area contributed by atoms with Crippen LogP contribution in [0.25, 0.3) is 0 Å². The highest BCUT2D eigenvalue weighted by molar-refractivity contribution is 14.0. The van der Waals surface area contributed by atoms with Crippen LogP contribution in [0.15, 0.2) is 4.99 Å². The monoisotopic (exact) mass is 492 g/mol. The standard InChI is InChI=1S/C19H36N6O.HI/c1-15-7-5-8-17(13-15)9-11-21-19(20-10-6-12-26-4)22-14-18-24-23-16(2)25(18)3;/h15,17H,5-14H2,1-4H3,(H2,20,21,22);1H. The number of hydrogen-bond acceptors (Lipinski definition) is 4. The summed E-state index contributed by atoms with van der Waals surface area (Å²) < 4.78 is 7.10. The van der Waals surface area contributed by atoms with E-state index in [1.54, 1.807) is 7.11 Å². The van der Waals surface area contributed by atoms with Crippen LogP contribution in [0.3, 0.4) is 0 Å². The van der Waals surface area contributed by atoms with Crippen LogP contribution in [-0.2, 0) is 18.3 Å². The second-order valence-corrected chi connectivity index (χ2v) is 7.51. The molecule has 1 aromatic rings. The number of methoxy groups -OCH3 is 1. The number of halogens is 1. The number of aliphatic imine (C=N–C) groups is 1. The van der Waals surface area contributed by atoms with Crippen molar-refractivity contribution >= 4 is 29.9 Å². The number of aryl methyl sites for hydroxylation is 1. The molecule has 156 valence electrons. The zero-order valence-corrected chi connectivity index (χ0v) is 19.7. The molecule has 8 heteroatoms. The summed E-state index contributed by atoms with van der Waals surface area (Å²) in [6.45, 7) is 7.42. The molecular weight excluding hydrogens is 455 g/mol. The van der Waals surface area contributed by atoms with Crippen molar-refractivity contribution in [1.82, 2.24) is 25.4 Å². The van der Waals surface area contributed by atoms with Gasteiger partial charge in [0, 0.05) is 33.9 Å². The lowest BCUT2D eigenvalue weighted by molar-refractivity contribution is 0.195. The Hall–Kier alpha value is -0.900. The van der Waals surface area contributed by atoms with E-state index in [-0.39, 0.29) is 24.0 Å².